The highest BCUT2D eigenvalue weighted by atomic mass is 35.5. The molecule has 0 spiro atoms. The highest BCUT2D eigenvalue weighted by molar-refractivity contribution is 6.35. The molecule has 154 valence electrons. The Morgan fingerprint density at radius 1 is 1.26 bits per heavy atom. The predicted octanol–water partition coefficient (Wildman–Crippen LogP) is 3.93. The van der Waals surface area contributed by atoms with E-state index in [1.165, 1.54) is 0 Å². The van der Waals surface area contributed by atoms with Gasteiger partial charge in [0.05, 0.1) is 30.0 Å². The molecule has 1 amide bonds. The van der Waals surface area contributed by atoms with Crippen LogP contribution in [0.5, 0.6) is 11.6 Å². The maximum absolute atomic E-state index is 12.1. The van der Waals surface area contributed by atoms with Gasteiger partial charge in [-0.05, 0) is 37.0 Å². The van der Waals surface area contributed by atoms with Crippen LogP contribution in [0.1, 0.15) is 12.8 Å². The van der Waals surface area contributed by atoms with Gasteiger partial charge in [0.25, 0.3) is 5.91 Å². The van der Waals surface area contributed by atoms with Crippen LogP contribution in [-0.2, 0) is 11.8 Å². The molecule has 0 bridgehead atoms. The monoisotopic (exact) mass is 432 g/mol. The number of rotatable bonds is 4. The fourth-order valence-corrected chi connectivity index (χ4v) is 3.22. The molecule has 0 atom stereocenters. The van der Waals surface area contributed by atoms with Crippen LogP contribution >= 0.6 is 11.6 Å². The summed E-state index contributed by atoms with van der Waals surface area (Å²) in [4.78, 5) is 16.7. The first-order valence-corrected chi connectivity index (χ1v) is 10.1. The Labute approximate surface area is 182 Å². The Bertz CT molecular complexity index is 1360. The van der Waals surface area contributed by atoms with Crippen LogP contribution in [0.25, 0.3) is 16.8 Å². The average molecular weight is 433 g/mol. The molecule has 1 aliphatic rings. The van der Waals surface area contributed by atoms with Gasteiger partial charge in [0.15, 0.2) is 0 Å². The summed E-state index contributed by atoms with van der Waals surface area (Å²) in [5.74, 6) is 6.16. The number of hydrogen-bond donors (Lipinski definition) is 1. The summed E-state index contributed by atoms with van der Waals surface area (Å²) in [6.45, 7) is 0. The largest absolute Gasteiger partial charge is 0.435 e. The molecule has 31 heavy (non-hydrogen) atoms. The summed E-state index contributed by atoms with van der Waals surface area (Å²) in [6, 6.07) is 6.94. The number of nitrogens with zero attached hydrogens (tertiary/aromatic N) is 5. The van der Waals surface area contributed by atoms with Crippen molar-refractivity contribution < 1.29 is 9.53 Å². The van der Waals surface area contributed by atoms with Crippen LogP contribution in [0.15, 0.2) is 49.1 Å². The number of aryl methyl sites for hydroxylation is 1. The summed E-state index contributed by atoms with van der Waals surface area (Å²) >= 11 is 6.51. The van der Waals surface area contributed by atoms with Crippen molar-refractivity contribution in [2.24, 2.45) is 13.0 Å². The minimum atomic E-state index is -0.402. The van der Waals surface area contributed by atoms with E-state index in [0.29, 0.717) is 34.4 Å². The molecule has 5 rings (SSSR count). The van der Waals surface area contributed by atoms with Gasteiger partial charge in [0, 0.05) is 24.7 Å². The number of fused-ring (bicyclic) bond motifs is 1. The molecule has 3 aromatic heterocycles. The lowest BCUT2D eigenvalue weighted by molar-refractivity contribution is -0.111. The van der Waals surface area contributed by atoms with E-state index in [4.69, 9.17) is 16.3 Å². The minimum absolute atomic E-state index is 0.260. The SMILES string of the molecule is Cn1cc(-c2cn3nccc3c(Oc3cccc(NC(=O)C#CC4CC4)c3Cl)n2)cn1. The molecule has 0 saturated heterocycles. The molecule has 8 nitrogen and oxygen atoms in total. The van der Waals surface area contributed by atoms with Gasteiger partial charge in [-0.1, -0.05) is 23.6 Å². The molecule has 1 saturated carbocycles. The number of hydrogen-bond acceptors (Lipinski definition) is 5. The summed E-state index contributed by atoms with van der Waals surface area (Å²) in [6.07, 6.45) is 9.14. The van der Waals surface area contributed by atoms with E-state index < -0.39 is 5.91 Å². The smallest absolute Gasteiger partial charge is 0.300 e. The van der Waals surface area contributed by atoms with Crippen molar-refractivity contribution in [3.05, 3.63) is 54.1 Å². The molecule has 3 heterocycles. The van der Waals surface area contributed by atoms with Crippen molar-refractivity contribution in [3.63, 3.8) is 0 Å². The molecular weight excluding hydrogens is 416 g/mol. The summed E-state index contributed by atoms with van der Waals surface area (Å²) in [5.41, 5.74) is 2.57. The van der Waals surface area contributed by atoms with Crippen LogP contribution in [0.3, 0.4) is 0 Å². The van der Waals surface area contributed by atoms with Gasteiger partial charge in [-0.25, -0.2) is 9.50 Å². The lowest BCUT2D eigenvalue weighted by Gasteiger charge is -2.12. The Morgan fingerprint density at radius 2 is 2.13 bits per heavy atom. The number of halogens is 1. The lowest BCUT2D eigenvalue weighted by Crippen LogP contribution is -2.09. The number of ether oxygens (including phenoxy) is 1. The van der Waals surface area contributed by atoms with Crippen LogP contribution in [0.2, 0.25) is 5.02 Å². The van der Waals surface area contributed by atoms with Crippen molar-refractivity contribution in [2.45, 2.75) is 12.8 Å². The van der Waals surface area contributed by atoms with Gasteiger partial charge >= 0.3 is 0 Å². The second-order valence-corrected chi connectivity index (χ2v) is 7.59. The lowest BCUT2D eigenvalue weighted by atomic mass is 10.2. The fourth-order valence-electron chi connectivity index (χ4n) is 3.00. The third-order valence-corrected chi connectivity index (χ3v) is 5.13. The Balaban J connectivity index is 1.46. The molecule has 4 aromatic rings. The number of nitrogens with one attached hydrogen (secondary N) is 1. The van der Waals surface area contributed by atoms with Crippen molar-refractivity contribution in [1.29, 1.82) is 0 Å². The third-order valence-electron chi connectivity index (χ3n) is 4.74. The number of carbonyl (C=O) groups excluding carboxylic acids is 1. The highest BCUT2D eigenvalue weighted by Gasteiger charge is 2.19. The Morgan fingerprint density at radius 3 is 2.90 bits per heavy atom. The molecule has 0 unspecified atom stereocenters. The minimum Gasteiger partial charge on any atom is -0.435 e. The molecular formula is C22H17ClN6O2. The van der Waals surface area contributed by atoms with Gasteiger partial charge < -0.3 is 10.1 Å². The molecule has 1 fully saturated rings. The van der Waals surface area contributed by atoms with E-state index in [1.54, 1.807) is 52.1 Å². The number of carbonyl (C=O) groups is 1. The van der Waals surface area contributed by atoms with Crippen molar-refractivity contribution in [2.75, 3.05) is 5.32 Å². The summed E-state index contributed by atoms with van der Waals surface area (Å²) < 4.78 is 9.43. The normalized spacial score (nSPS) is 13.0. The van der Waals surface area contributed by atoms with Crippen molar-refractivity contribution in [1.82, 2.24) is 24.4 Å². The number of aromatic nitrogens is 5. The van der Waals surface area contributed by atoms with Crippen molar-refractivity contribution in [3.8, 4) is 34.7 Å². The molecule has 9 heteroatoms. The highest BCUT2D eigenvalue weighted by Crippen LogP contribution is 2.36. The first-order valence-electron chi connectivity index (χ1n) is 9.69. The first kappa shape index (κ1) is 19.2. The van der Waals surface area contributed by atoms with Crippen LogP contribution in [0, 0.1) is 17.8 Å². The Hall–Kier alpha value is -3.83. The molecule has 1 N–H and O–H groups in total. The van der Waals surface area contributed by atoms with Gasteiger partial charge in [-0.3, -0.25) is 9.48 Å². The maximum atomic E-state index is 12.1. The molecule has 1 aliphatic carbocycles. The van der Waals surface area contributed by atoms with Crippen LogP contribution < -0.4 is 10.1 Å². The van der Waals surface area contributed by atoms with Gasteiger partial charge in [-0.15, -0.1) is 0 Å². The van der Waals surface area contributed by atoms with E-state index >= 15 is 0 Å². The number of anilines is 1. The molecule has 1 aromatic carbocycles. The first-order chi connectivity index (χ1) is 15.1. The van der Waals surface area contributed by atoms with E-state index in [2.05, 4.69) is 32.3 Å². The fraction of sp³-hybridized carbons (Fsp3) is 0.182. The second kappa shape index (κ2) is 7.78. The van der Waals surface area contributed by atoms with Crippen LogP contribution in [0.4, 0.5) is 5.69 Å². The summed E-state index contributed by atoms with van der Waals surface area (Å²) in [5, 5.41) is 11.5. The third kappa shape index (κ3) is 4.09. The molecule has 0 radical (unpaired) electrons. The zero-order valence-corrected chi connectivity index (χ0v) is 17.3. The predicted molar refractivity (Wildman–Crippen MR) is 116 cm³/mol. The van der Waals surface area contributed by atoms with Crippen LogP contribution in [-0.4, -0.2) is 30.3 Å². The standard InChI is InChI=1S/C22H17ClN6O2/c1-28-12-15(11-25-28)17-13-29-18(9-10-24-29)22(27-17)31-19-4-2-3-16(21(19)23)26-20(30)8-7-14-5-6-14/h2-4,9-14H,5-6H2,1H3,(H,26,30). The second-order valence-electron chi connectivity index (χ2n) is 7.21. The maximum Gasteiger partial charge on any atom is 0.300 e. The Kier molecular flexibility index (Phi) is 4.81. The van der Waals surface area contributed by atoms with E-state index in [0.717, 1.165) is 18.4 Å². The van der Waals surface area contributed by atoms with E-state index in [9.17, 15) is 4.79 Å². The quantitative estimate of drug-likeness (QED) is 0.494. The average Bonchev–Trinajstić information content (AvgIpc) is 3.28. The zero-order chi connectivity index (χ0) is 21.4. The van der Waals surface area contributed by atoms with Gasteiger partial charge in [0.1, 0.15) is 16.3 Å². The molecule has 0 aliphatic heterocycles. The zero-order valence-electron chi connectivity index (χ0n) is 16.5. The topological polar surface area (TPSA) is 86.3 Å². The van der Waals surface area contributed by atoms with Gasteiger partial charge in [0.2, 0.25) is 5.88 Å². The van der Waals surface area contributed by atoms with E-state index in [1.807, 2.05) is 13.2 Å². The summed E-state index contributed by atoms with van der Waals surface area (Å²) in [7, 11) is 1.84. The van der Waals surface area contributed by atoms with Gasteiger partial charge in [-0.2, -0.15) is 10.2 Å². The van der Waals surface area contributed by atoms with E-state index in [-0.39, 0.29) is 5.02 Å². The number of benzene rings is 1. The number of amides is 1. The van der Waals surface area contributed by atoms with Crippen molar-refractivity contribution >= 4 is 28.7 Å².